The van der Waals surface area contributed by atoms with Gasteiger partial charge >= 0.3 is 5.97 Å². The van der Waals surface area contributed by atoms with E-state index in [1.54, 1.807) is 29.2 Å². The number of ether oxygens (including phenoxy) is 1. The second kappa shape index (κ2) is 8.32. The van der Waals surface area contributed by atoms with Crippen molar-refractivity contribution in [2.24, 2.45) is 0 Å². The molecular weight excluding hydrogens is 349 g/mol. The average Bonchev–Trinajstić information content (AvgIpc) is 2.72. The van der Waals surface area contributed by atoms with Crippen molar-refractivity contribution in [1.82, 2.24) is 4.90 Å². The van der Waals surface area contributed by atoms with Crippen molar-refractivity contribution < 1.29 is 18.7 Å². The summed E-state index contributed by atoms with van der Waals surface area (Å²) in [5, 5.41) is 8.86. The largest absolute Gasteiger partial charge is 0.452 e. The molecule has 0 saturated carbocycles. The van der Waals surface area contributed by atoms with Gasteiger partial charge in [-0.25, -0.2) is 9.18 Å². The number of esters is 1. The molecule has 0 aliphatic carbocycles. The molecule has 0 bridgehead atoms. The quantitative estimate of drug-likeness (QED) is 0.775. The van der Waals surface area contributed by atoms with Crippen molar-refractivity contribution in [3.63, 3.8) is 0 Å². The van der Waals surface area contributed by atoms with E-state index in [9.17, 15) is 14.0 Å². The summed E-state index contributed by atoms with van der Waals surface area (Å²) < 4.78 is 18.1. The van der Waals surface area contributed by atoms with Crippen molar-refractivity contribution in [2.45, 2.75) is 0 Å². The Morgan fingerprint density at radius 3 is 2.44 bits per heavy atom. The van der Waals surface area contributed by atoms with Crippen molar-refractivity contribution in [3.8, 4) is 6.07 Å². The Labute approximate surface area is 156 Å². The molecule has 138 valence electrons. The van der Waals surface area contributed by atoms with Gasteiger partial charge < -0.3 is 14.5 Å². The maximum atomic E-state index is 13.0. The topological polar surface area (TPSA) is 73.6 Å². The number of nitriles is 1. The van der Waals surface area contributed by atoms with Crippen molar-refractivity contribution >= 4 is 17.6 Å². The standard InChI is InChI=1S/C20H18FN3O3/c21-17-4-6-18(7-5-17)23-8-10-24(11-9-23)19(25)14-27-20(26)16-3-1-2-15(12-16)13-22/h1-7,12H,8-11,14H2. The van der Waals surface area contributed by atoms with Gasteiger partial charge in [0.1, 0.15) is 5.82 Å². The van der Waals surface area contributed by atoms with Gasteiger partial charge in [-0.05, 0) is 42.5 Å². The molecular formula is C20H18FN3O3. The lowest BCUT2D eigenvalue weighted by atomic mass is 10.1. The maximum Gasteiger partial charge on any atom is 0.338 e. The van der Waals surface area contributed by atoms with Crippen molar-refractivity contribution in [3.05, 3.63) is 65.5 Å². The summed E-state index contributed by atoms with van der Waals surface area (Å²) in [6, 6.07) is 14.3. The van der Waals surface area contributed by atoms with Gasteiger partial charge in [0.05, 0.1) is 17.2 Å². The summed E-state index contributed by atoms with van der Waals surface area (Å²) in [5.41, 5.74) is 1.50. The summed E-state index contributed by atoms with van der Waals surface area (Å²) in [7, 11) is 0. The Kier molecular flexibility index (Phi) is 5.67. The van der Waals surface area contributed by atoms with Gasteiger partial charge in [0.2, 0.25) is 0 Å². The number of piperazine rings is 1. The minimum absolute atomic E-state index is 0.239. The molecule has 6 nitrogen and oxygen atoms in total. The molecule has 0 aromatic heterocycles. The fraction of sp³-hybridized carbons (Fsp3) is 0.250. The highest BCUT2D eigenvalue weighted by Crippen LogP contribution is 2.17. The van der Waals surface area contributed by atoms with Gasteiger partial charge in [-0.15, -0.1) is 0 Å². The highest BCUT2D eigenvalue weighted by molar-refractivity contribution is 5.91. The highest BCUT2D eigenvalue weighted by atomic mass is 19.1. The molecule has 27 heavy (non-hydrogen) atoms. The van der Waals surface area contributed by atoms with Gasteiger partial charge in [-0.1, -0.05) is 6.07 Å². The van der Waals surface area contributed by atoms with Gasteiger partial charge in [0, 0.05) is 31.9 Å². The van der Waals surface area contributed by atoms with Gasteiger partial charge in [-0.3, -0.25) is 4.79 Å². The van der Waals surface area contributed by atoms with Crippen LogP contribution in [0.1, 0.15) is 15.9 Å². The molecule has 7 heteroatoms. The monoisotopic (exact) mass is 367 g/mol. The Balaban J connectivity index is 1.48. The number of hydrogen-bond donors (Lipinski definition) is 0. The van der Waals surface area contributed by atoms with Crippen LogP contribution in [-0.4, -0.2) is 49.6 Å². The molecule has 1 fully saturated rings. The lowest BCUT2D eigenvalue weighted by Crippen LogP contribution is -2.49. The smallest absolute Gasteiger partial charge is 0.338 e. The minimum atomic E-state index is -0.634. The zero-order chi connectivity index (χ0) is 19.2. The Bertz CT molecular complexity index is 869. The third-order valence-corrected chi connectivity index (χ3v) is 4.38. The zero-order valence-electron chi connectivity index (χ0n) is 14.6. The van der Waals surface area contributed by atoms with Crippen LogP contribution < -0.4 is 4.90 Å². The molecule has 0 N–H and O–H groups in total. The lowest BCUT2D eigenvalue weighted by Gasteiger charge is -2.36. The first-order chi connectivity index (χ1) is 13.1. The van der Waals surface area contributed by atoms with E-state index >= 15 is 0 Å². The molecule has 1 aliphatic rings. The molecule has 2 aromatic carbocycles. The van der Waals surface area contributed by atoms with E-state index in [-0.39, 0.29) is 23.9 Å². The van der Waals surface area contributed by atoms with E-state index in [2.05, 4.69) is 4.90 Å². The molecule has 1 saturated heterocycles. The summed E-state index contributed by atoms with van der Waals surface area (Å²) in [5.74, 6) is -1.18. The first kappa shape index (κ1) is 18.4. The van der Waals surface area contributed by atoms with Crippen LogP contribution in [0.2, 0.25) is 0 Å². The fourth-order valence-electron chi connectivity index (χ4n) is 2.88. The lowest BCUT2D eigenvalue weighted by molar-refractivity contribution is -0.134. The van der Waals surface area contributed by atoms with Gasteiger partial charge in [0.15, 0.2) is 6.61 Å². The number of halogens is 1. The number of nitrogens with zero attached hydrogens (tertiary/aromatic N) is 3. The van der Waals surface area contributed by atoms with E-state index in [0.29, 0.717) is 31.7 Å². The van der Waals surface area contributed by atoms with E-state index in [4.69, 9.17) is 10.00 Å². The summed E-state index contributed by atoms with van der Waals surface area (Å²) in [6.45, 7) is 1.90. The molecule has 1 heterocycles. The molecule has 0 atom stereocenters. The van der Waals surface area contributed by atoms with Crippen molar-refractivity contribution in [2.75, 3.05) is 37.7 Å². The predicted octanol–water partition coefficient (Wildman–Crippen LogP) is 2.20. The van der Waals surface area contributed by atoms with Crippen LogP contribution >= 0.6 is 0 Å². The maximum absolute atomic E-state index is 13.0. The van der Waals surface area contributed by atoms with E-state index < -0.39 is 5.97 Å². The summed E-state index contributed by atoms with van der Waals surface area (Å²) in [6.07, 6.45) is 0. The second-order valence-electron chi connectivity index (χ2n) is 6.11. The summed E-state index contributed by atoms with van der Waals surface area (Å²) in [4.78, 5) is 28.0. The normalized spacial score (nSPS) is 13.8. The summed E-state index contributed by atoms with van der Waals surface area (Å²) >= 11 is 0. The molecule has 1 amide bonds. The average molecular weight is 367 g/mol. The number of rotatable bonds is 4. The fourth-order valence-corrected chi connectivity index (χ4v) is 2.88. The van der Waals surface area contributed by atoms with Crippen LogP contribution in [0.5, 0.6) is 0 Å². The molecule has 0 radical (unpaired) electrons. The number of carbonyl (C=O) groups is 2. The van der Waals surface area contributed by atoms with E-state index in [0.717, 1.165) is 5.69 Å². The number of carbonyl (C=O) groups excluding carboxylic acids is 2. The number of amides is 1. The molecule has 2 aromatic rings. The Hall–Kier alpha value is -3.40. The van der Waals surface area contributed by atoms with Gasteiger partial charge in [0.25, 0.3) is 5.91 Å². The Morgan fingerprint density at radius 1 is 1.07 bits per heavy atom. The van der Waals surface area contributed by atoms with Crippen LogP contribution in [0.4, 0.5) is 10.1 Å². The SMILES string of the molecule is N#Cc1cccc(C(=O)OCC(=O)N2CCN(c3ccc(F)cc3)CC2)c1. The molecule has 3 rings (SSSR count). The zero-order valence-corrected chi connectivity index (χ0v) is 14.6. The molecule has 0 spiro atoms. The first-order valence-corrected chi connectivity index (χ1v) is 8.52. The van der Waals surface area contributed by atoms with E-state index in [1.165, 1.54) is 24.3 Å². The first-order valence-electron chi connectivity index (χ1n) is 8.52. The molecule has 0 unspecified atom stereocenters. The van der Waals surface area contributed by atoms with Crippen molar-refractivity contribution in [1.29, 1.82) is 5.26 Å². The second-order valence-corrected chi connectivity index (χ2v) is 6.11. The molecule has 1 aliphatic heterocycles. The van der Waals surface area contributed by atoms with Crippen LogP contribution in [0.15, 0.2) is 48.5 Å². The highest BCUT2D eigenvalue weighted by Gasteiger charge is 2.22. The van der Waals surface area contributed by atoms with Crippen LogP contribution in [0, 0.1) is 17.1 Å². The predicted molar refractivity (Wildman–Crippen MR) is 96.6 cm³/mol. The van der Waals surface area contributed by atoms with Crippen LogP contribution in [0.3, 0.4) is 0 Å². The van der Waals surface area contributed by atoms with E-state index in [1.807, 2.05) is 6.07 Å². The van der Waals surface area contributed by atoms with Crippen LogP contribution in [0.25, 0.3) is 0 Å². The minimum Gasteiger partial charge on any atom is -0.452 e. The third kappa shape index (κ3) is 4.61. The van der Waals surface area contributed by atoms with Crippen LogP contribution in [-0.2, 0) is 9.53 Å². The van der Waals surface area contributed by atoms with Gasteiger partial charge in [-0.2, -0.15) is 5.26 Å². The number of hydrogen-bond acceptors (Lipinski definition) is 5. The number of anilines is 1. The number of benzene rings is 2. The Morgan fingerprint density at radius 2 is 1.78 bits per heavy atom. The third-order valence-electron chi connectivity index (χ3n) is 4.38.